The number of rotatable bonds is 4. The van der Waals surface area contributed by atoms with Gasteiger partial charge in [-0.15, -0.1) is 0 Å². The van der Waals surface area contributed by atoms with E-state index in [0.29, 0.717) is 0 Å². The molecular formula is C15H23N. The maximum atomic E-state index is 2.60. The first kappa shape index (κ1) is 11.7. The van der Waals surface area contributed by atoms with Crippen molar-refractivity contribution in [2.24, 2.45) is 0 Å². The lowest BCUT2D eigenvalue weighted by molar-refractivity contribution is 0.334. The molecule has 0 saturated carbocycles. The van der Waals surface area contributed by atoms with Crippen LogP contribution in [-0.2, 0) is 6.42 Å². The summed E-state index contributed by atoms with van der Waals surface area (Å²) in [6, 6.07) is 6.88. The lowest BCUT2D eigenvalue weighted by Gasteiger charge is -2.14. The second kappa shape index (κ2) is 5.49. The summed E-state index contributed by atoms with van der Waals surface area (Å²) in [5.74, 6) is 0. The first-order chi connectivity index (χ1) is 7.75. The SMILES string of the molecule is Cc1ccc(CCCN2CCCC2)cc1C. The zero-order chi connectivity index (χ0) is 11.4. The summed E-state index contributed by atoms with van der Waals surface area (Å²) < 4.78 is 0. The molecular weight excluding hydrogens is 194 g/mol. The van der Waals surface area contributed by atoms with Gasteiger partial charge in [-0.3, -0.25) is 0 Å². The Bertz CT molecular complexity index is 337. The third-order valence-corrected chi connectivity index (χ3v) is 3.71. The monoisotopic (exact) mass is 217 g/mol. The van der Waals surface area contributed by atoms with Crippen molar-refractivity contribution in [3.8, 4) is 0 Å². The smallest absolute Gasteiger partial charge is 0.00156 e. The number of hydrogen-bond donors (Lipinski definition) is 0. The van der Waals surface area contributed by atoms with E-state index in [9.17, 15) is 0 Å². The molecule has 0 atom stereocenters. The fourth-order valence-electron chi connectivity index (χ4n) is 2.47. The standard InChI is InChI=1S/C15H23N/c1-13-7-8-15(12-14(13)2)6-5-11-16-9-3-4-10-16/h7-8,12H,3-6,9-11H2,1-2H3. The van der Waals surface area contributed by atoms with Crippen LogP contribution >= 0.6 is 0 Å². The minimum Gasteiger partial charge on any atom is -0.303 e. The van der Waals surface area contributed by atoms with E-state index in [1.54, 1.807) is 0 Å². The summed E-state index contributed by atoms with van der Waals surface area (Å²) in [7, 11) is 0. The van der Waals surface area contributed by atoms with Gasteiger partial charge in [0.05, 0.1) is 0 Å². The fraction of sp³-hybridized carbons (Fsp3) is 0.600. The molecule has 0 radical (unpaired) electrons. The van der Waals surface area contributed by atoms with Gasteiger partial charge in [0.15, 0.2) is 0 Å². The van der Waals surface area contributed by atoms with Gasteiger partial charge < -0.3 is 4.90 Å². The van der Waals surface area contributed by atoms with E-state index < -0.39 is 0 Å². The molecule has 1 saturated heterocycles. The summed E-state index contributed by atoms with van der Waals surface area (Å²) >= 11 is 0. The average molecular weight is 217 g/mol. The molecule has 1 aromatic rings. The van der Waals surface area contributed by atoms with Crippen molar-refractivity contribution in [2.75, 3.05) is 19.6 Å². The van der Waals surface area contributed by atoms with Gasteiger partial charge in [-0.25, -0.2) is 0 Å². The van der Waals surface area contributed by atoms with E-state index in [-0.39, 0.29) is 0 Å². The second-order valence-corrected chi connectivity index (χ2v) is 5.07. The van der Waals surface area contributed by atoms with Crippen molar-refractivity contribution in [1.29, 1.82) is 0 Å². The molecule has 1 aliphatic heterocycles. The van der Waals surface area contributed by atoms with Crippen LogP contribution in [0.25, 0.3) is 0 Å². The first-order valence-corrected chi connectivity index (χ1v) is 6.54. The van der Waals surface area contributed by atoms with Crippen LogP contribution in [0.2, 0.25) is 0 Å². The van der Waals surface area contributed by atoms with Gasteiger partial charge in [-0.1, -0.05) is 18.2 Å². The van der Waals surface area contributed by atoms with Crippen molar-refractivity contribution in [2.45, 2.75) is 39.5 Å². The van der Waals surface area contributed by atoms with E-state index in [1.165, 1.54) is 62.0 Å². The van der Waals surface area contributed by atoms with Gasteiger partial charge in [0, 0.05) is 0 Å². The molecule has 0 amide bonds. The zero-order valence-electron chi connectivity index (χ0n) is 10.6. The number of likely N-dealkylation sites (tertiary alicyclic amines) is 1. The first-order valence-electron chi connectivity index (χ1n) is 6.54. The van der Waals surface area contributed by atoms with Gasteiger partial charge in [-0.05, 0) is 75.9 Å². The summed E-state index contributed by atoms with van der Waals surface area (Å²) in [5.41, 5.74) is 4.34. The maximum Gasteiger partial charge on any atom is -0.00156 e. The highest BCUT2D eigenvalue weighted by atomic mass is 15.1. The Labute approximate surface area is 99.5 Å². The van der Waals surface area contributed by atoms with Crippen LogP contribution in [0.5, 0.6) is 0 Å². The molecule has 0 N–H and O–H groups in total. The third kappa shape index (κ3) is 3.08. The summed E-state index contributed by atoms with van der Waals surface area (Å²) in [6.07, 6.45) is 5.35. The Morgan fingerprint density at radius 3 is 2.50 bits per heavy atom. The molecule has 1 fully saturated rings. The van der Waals surface area contributed by atoms with Crippen LogP contribution in [0, 0.1) is 13.8 Å². The second-order valence-electron chi connectivity index (χ2n) is 5.07. The van der Waals surface area contributed by atoms with Gasteiger partial charge in [0.1, 0.15) is 0 Å². The Morgan fingerprint density at radius 1 is 1.06 bits per heavy atom. The topological polar surface area (TPSA) is 3.24 Å². The summed E-state index contributed by atoms with van der Waals surface area (Å²) in [4.78, 5) is 2.60. The third-order valence-electron chi connectivity index (χ3n) is 3.71. The molecule has 0 unspecified atom stereocenters. The van der Waals surface area contributed by atoms with Gasteiger partial charge in [0.2, 0.25) is 0 Å². The Morgan fingerprint density at radius 2 is 1.81 bits per heavy atom. The summed E-state index contributed by atoms with van der Waals surface area (Å²) in [5, 5.41) is 0. The van der Waals surface area contributed by atoms with Crippen LogP contribution in [-0.4, -0.2) is 24.5 Å². The largest absolute Gasteiger partial charge is 0.303 e. The van der Waals surface area contributed by atoms with Crippen LogP contribution in [0.15, 0.2) is 18.2 Å². The van der Waals surface area contributed by atoms with Gasteiger partial charge >= 0.3 is 0 Å². The number of nitrogens with zero attached hydrogens (tertiary/aromatic N) is 1. The van der Waals surface area contributed by atoms with E-state index >= 15 is 0 Å². The maximum absolute atomic E-state index is 2.60. The molecule has 16 heavy (non-hydrogen) atoms. The molecule has 1 aromatic carbocycles. The number of hydrogen-bond acceptors (Lipinski definition) is 1. The molecule has 0 bridgehead atoms. The van der Waals surface area contributed by atoms with Crippen molar-refractivity contribution < 1.29 is 0 Å². The van der Waals surface area contributed by atoms with Crippen molar-refractivity contribution in [3.63, 3.8) is 0 Å². The van der Waals surface area contributed by atoms with Crippen molar-refractivity contribution in [3.05, 3.63) is 34.9 Å². The molecule has 0 aliphatic carbocycles. The predicted molar refractivity (Wildman–Crippen MR) is 69.9 cm³/mol. The molecule has 1 heteroatoms. The average Bonchev–Trinajstić information content (AvgIpc) is 2.76. The highest BCUT2D eigenvalue weighted by molar-refractivity contribution is 5.29. The summed E-state index contributed by atoms with van der Waals surface area (Å²) in [6.45, 7) is 8.33. The quantitative estimate of drug-likeness (QED) is 0.747. The van der Waals surface area contributed by atoms with Crippen LogP contribution < -0.4 is 0 Å². The highest BCUT2D eigenvalue weighted by Gasteiger charge is 2.10. The molecule has 2 rings (SSSR count). The van der Waals surface area contributed by atoms with E-state index in [1.807, 2.05) is 0 Å². The van der Waals surface area contributed by atoms with Crippen LogP contribution in [0.1, 0.15) is 36.0 Å². The molecule has 0 spiro atoms. The number of benzene rings is 1. The fourth-order valence-corrected chi connectivity index (χ4v) is 2.47. The molecule has 1 heterocycles. The van der Waals surface area contributed by atoms with Crippen molar-refractivity contribution >= 4 is 0 Å². The molecule has 88 valence electrons. The van der Waals surface area contributed by atoms with E-state index in [4.69, 9.17) is 0 Å². The lowest BCUT2D eigenvalue weighted by Crippen LogP contribution is -2.20. The van der Waals surface area contributed by atoms with E-state index in [0.717, 1.165) is 0 Å². The minimum absolute atomic E-state index is 1.23. The Kier molecular flexibility index (Phi) is 4.00. The predicted octanol–water partition coefficient (Wildman–Crippen LogP) is 3.33. The Balaban J connectivity index is 1.78. The highest BCUT2D eigenvalue weighted by Crippen LogP contribution is 2.13. The lowest BCUT2D eigenvalue weighted by atomic mass is 10.0. The molecule has 1 nitrogen and oxygen atoms in total. The zero-order valence-corrected chi connectivity index (χ0v) is 10.6. The molecule has 1 aliphatic rings. The number of aryl methyl sites for hydroxylation is 3. The van der Waals surface area contributed by atoms with Crippen LogP contribution in [0.3, 0.4) is 0 Å². The van der Waals surface area contributed by atoms with Gasteiger partial charge in [0.25, 0.3) is 0 Å². The minimum atomic E-state index is 1.23. The van der Waals surface area contributed by atoms with Crippen molar-refractivity contribution in [1.82, 2.24) is 4.90 Å². The van der Waals surface area contributed by atoms with E-state index in [2.05, 4.69) is 36.9 Å². The molecule has 0 aromatic heterocycles. The van der Waals surface area contributed by atoms with Gasteiger partial charge in [-0.2, -0.15) is 0 Å². The Hall–Kier alpha value is -0.820. The van der Waals surface area contributed by atoms with Crippen LogP contribution in [0.4, 0.5) is 0 Å². The normalized spacial score (nSPS) is 16.9.